The fourth-order valence-electron chi connectivity index (χ4n) is 2.58. The van der Waals surface area contributed by atoms with Gasteiger partial charge < -0.3 is 11.1 Å². The van der Waals surface area contributed by atoms with Gasteiger partial charge in [0.25, 0.3) is 10.8 Å². The van der Waals surface area contributed by atoms with Crippen LogP contribution in [0.25, 0.3) is 11.4 Å². The molecule has 0 aliphatic carbocycles. The number of primary amides is 1. The van der Waals surface area contributed by atoms with Crippen molar-refractivity contribution in [3.63, 3.8) is 0 Å². The lowest BCUT2D eigenvalue weighted by atomic mass is 10.2. The second-order valence-electron chi connectivity index (χ2n) is 6.05. The number of nitrogens with one attached hydrogen (secondary N) is 1. The molecular formula is C20H17FN4O3S. The minimum absolute atomic E-state index is 0.0809. The number of nitrogens with two attached hydrogens (primary N) is 1. The zero-order valence-corrected chi connectivity index (χ0v) is 16.0. The summed E-state index contributed by atoms with van der Waals surface area (Å²) in [5.74, 6) is -0.622. The molecule has 9 heteroatoms. The van der Waals surface area contributed by atoms with Crippen molar-refractivity contribution in [1.82, 2.24) is 9.55 Å². The van der Waals surface area contributed by atoms with Gasteiger partial charge in [0.05, 0.1) is 6.20 Å². The third-order valence-electron chi connectivity index (χ3n) is 3.91. The SMILES string of the molecule is NC(=O)Cn1c(-c2ccc(F)cc2)ncc(NC(=O)SCc2ccccc2)c1=O. The molecule has 0 fully saturated rings. The van der Waals surface area contributed by atoms with Crippen molar-refractivity contribution in [1.29, 1.82) is 0 Å². The van der Waals surface area contributed by atoms with Gasteiger partial charge in [-0.05, 0) is 29.8 Å². The standard InChI is InChI=1S/C20H17FN4O3S/c21-15-8-6-14(7-9-15)18-23-10-16(19(27)25(18)11-17(22)26)24-20(28)29-12-13-4-2-1-3-5-13/h1-10H,11-12H2,(H2,22,26)(H,24,28). The van der Waals surface area contributed by atoms with Crippen LogP contribution in [-0.2, 0) is 17.1 Å². The van der Waals surface area contributed by atoms with Crippen molar-refractivity contribution < 1.29 is 14.0 Å². The normalized spacial score (nSPS) is 10.5. The monoisotopic (exact) mass is 412 g/mol. The van der Waals surface area contributed by atoms with Crippen LogP contribution in [0.4, 0.5) is 14.9 Å². The van der Waals surface area contributed by atoms with Crippen molar-refractivity contribution in [2.45, 2.75) is 12.3 Å². The average Bonchev–Trinajstić information content (AvgIpc) is 2.71. The third-order valence-corrected chi connectivity index (χ3v) is 4.75. The van der Waals surface area contributed by atoms with Crippen LogP contribution in [0, 0.1) is 5.82 Å². The minimum Gasteiger partial charge on any atom is -0.368 e. The summed E-state index contributed by atoms with van der Waals surface area (Å²) in [5.41, 5.74) is 5.93. The van der Waals surface area contributed by atoms with Crippen LogP contribution in [0.5, 0.6) is 0 Å². The molecule has 0 saturated heterocycles. The highest BCUT2D eigenvalue weighted by molar-refractivity contribution is 8.13. The third kappa shape index (κ3) is 5.29. The van der Waals surface area contributed by atoms with Crippen LogP contribution >= 0.6 is 11.8 Å². The number of hydrogen-bond donors (Lipinski definition) is 2. The molecule has 0 radical (unpaired) electrons. The largest absolute Gasteiger partial charge is 0.368 e. The molecule has 3 aromatic rings. The summed E-state index contributed by atoms with van der Waals surface area (Å²) < 4.78 is 14.2. The van der Waals surface area contributed by atoms with Gasteiger partial charge in [0.1, 0.15) is 23.9 Å². The van der Waals surface area contributed by atoms with Gasteiger partial charge in [0, 0.05) is 11.3 Å². The number of benzene rings is 2. The van der Waals surface area contributed by atoms with Gasteiger partial charge in [-0.25, -0.2) is 9.37 Å². The Morgan fingerprint density at radius 1 is 1.10 bits per heavy atom. The summed E-state index contributed by atoms with van der Waals surface area (Å²) in [6.07, 6.45) is 1.21. The predicted octanol–water partition coefficient (Wildman–Crippen LogP) is 3.00. The number of amides is 2. The molecule has 0 bridgehead atoms. The summed E-state index contributed by atoms with van der Waals surface area (Å²) in [6, 6.07) is 14.7. The lowest BCUT2D eigenvalue weighted by molar-refractivity contribution is -0.118. The maximum atomic E-state index is 13.2. The van der Waals surface area contributed by atoms with Crippen molar-refractivity contribution in [3.8, 4) is 11.4 Å². The number of anilines is 1. The zero-order chi connectivity index (χ0) is 20.8. The minimum atomic E-state index is -0.751. The first-order valence-electron chi connectivity index (χ1n) is 8.56. The van der Waals surface area contributed by atoms with E-state index in [1.807, 2.05) is 30.3 Å². The fraction of sp³-hybridized carbons (Fsp3) is 0.100. The zero-order valence-electron chi connectivity index (χ0n) is 15.2. The number of aromatic nitrogens is 2. The highest BCUT2D eigenvalue weighted by atomic mass is 32.2. The van der Waals surface area contributed by atoms with Gasteiger partial charge in [0.15, 0.2) is 0 Å². The van der Waals surface area contributed by atoms with Crippen molar-refractivity contribution in [2.75, 3.05) is 5.32 Å². The molecule has 0 saturated carbocycles. The van der Waals surface area contributed by atoms with Gasteiger partial charge in [-0.15, -0.1) is 0 Å². The highest BCUT2D eigenvalue weighted by Gasteiger charge is 2.16. The Morgan fingerprint density at radius 2 is 1.79 bits per heavy atom. The Kier molecular flexibility index (Phi) is 6.40. The van der Waals surface area contributed by atoms with Crippen LogP contribution in [0.3, 0.4) is 0 Å². The molecule has 3 N–H and O–H groups in total. The molecule has 0 aliphatic rings. The molecule has 3 rings (SSSR count). The van der Waals surface area contributed by atoms with E-state index >= 15 is 0 Å². The quantitative estimate of drug-likeness (QED) is 0.647. The lowest BCUT2D eigenvalue weighted by Crippen LogP contribution is -2.32. The van der Waals surface area contributed by atoms with Crippen molar-refractivity contribution in [3.05, 3.63) is 82.5 Å². The van der Waals surface area contributed by atoms with E-state index in [-0.39, 0.29) is 11.5 Å². The summed E-state index contributed by atoms with van der Waals surface area (Å²) >= 11 is 0.996. The van der Waals surface area contributed by atoms with Gasteiger partial charge in [0.2, 0.25) is 5.91 Å². The van der Waals surface area contributed by atoms with Crippen LogP contribution in [0.15, 0.2) is 65.6 Å². The second-order valence-corrected chi connectivity index (χ2v) is 6.99. The first-order chi connectivity index (χ1) is 13.9. The molecular weight excluding hydrogens is 395 g/mol. The molecule has 148 valence electrons. The maximum Gasteiger partial charge on any atom is 0.283 e. The summed E-state index contributed by atoms with van der Waals surface area (Å²) in [6.45, 7) is -0.431. The first-order valence-corrected chi connectivity index (χ1v) is 9.54. The molecule has 1 heterocycles. The molecule has 0 spiro atoms. The molecule has 0 unspecified atom stereocenters. The van der Waals surface area contributed by atoms with Crippen LogP contribution in [0.1, 0.15) is 5.56 Å². The van der Waals surface area contributed by atoms with E-state index in [2.05, 4.69) is 10.3 Å². The Balaban J connectivity index is 1.84. The number of nitrogens with zero attached hydrogens (tertiary/aromatic N) is 2. The Labute approximate surface area is 169 Å². The number of rotatable bonds is 6. The van der Waals surface area contributed by atoms with Crippen LogP contribution in [-0.4, -0.2) is 20.7 Å². The van der Waals surface area contributed by atoms with E-state index in [0.717, 1.165) is 21.9 Å². The van der Waals surface area contributed by atoms with E-state index in [9.17, 15) is 18.8 Å². The number of halogens is 1. The molecule has 2 aromatic carbocycles. The Morgan fingerprint density at radius 3 is 2.45 bits per heavy atom. The van der Waals surface area contributed by atoms with Gasteiger partial charge >= 0.3 is 0 Å². The average molecular weight is 412 g/mol. The number of thioether (sulfide) groups is 1. The topological polar surface area (TPSA) is 107 Å². The van der Waals surface area contributed by atoms with Crippen LogP contribution < -0.4 is 16.6 Å². The van der Waals surface area contributed by atoms with E-state index in [1.54, 1.807) is 0 Å². The highest BCUT2D eigenvalue weighted by Crippen LogP contribution is 2.19. The van der Waals surface area contributed by atoms with Gasteiger partial charge in [-0.1, -0.05) is 42.1 Å². The summed E-state index contributed by atoms with van der Waals surface area (Å²) in [7, 11) is 0. The van der Waals surface area contributed by atoms with E-state index < -0.39 is 29.1 Å². The molecule has 2 amide bonds. The van der Waals surface area contributed by atoms with Crippen molar-refractivity contribution in [2.24, 2.45) is 5.73 Å². The van der Waals surface area contributed by atoms with Crippen molar-refractivity contribution >= 4 is 28.6 Å². The maximum absolute atomic E-state index is 13.2. The van der Waals surface area contributed by atoms with Gasteiger partial charge in [-0.3, -0.25) is 19.0 Å². The summed E-state index contributed by atoms with van der Waals surface area (Å²) in [5, 5.41) is 2.06. The second kappa shape index (κ2) is 9.16. The van der Waals surface area contributed by atoms with E-state index in [4.69, 9.17) is 5.73 Å². The van der Waals surface area contributed by atoms with Crippen LogP contribution in [0.2, 0.25) is 0 Å². The lowest BCUT2D eigenvalue weighted by Gasteiger charge is -2.13. The number of carbonyl (C=O) groups is 2. The molecule has 29 heavy (non-hydrogen) atoms. The molecule has 0 atom stereocenters. The Hall–Kier alpha value is -3.46. The first kappa shape index (κ1) is 20.3. The number of carbonyl (C=O) groups excluding carboxylic acids is 2. The van der Waals surface area contributed by atoms with Gasteiger partial charge in [-0.2, -0.15) is 0 Å². The predicted molar refractivity (Wildman–Crippen MR) is 110 cm³/mol. The molecule has 1 aromatic heterocycles. The fourth-order valence-corrected chi connectivity index (χ4v) is 3.25. The van der Waals surface area contributed by atoms with E-state index in [1.165, 1.54) is 30.5 Å². The Bertz CT molecular complexity index is 1090. The summed E-state index contributed by atoms with van der Waals surface area (Å²) in [4.78, 5) is 40.6. The smallest absolute Gasteiger partial charge is 0.283 e. The molecule has 7 nitrogen and oxygen atoms in total. The molecule has 0 aliphatic heterocycles. The van der Waals surface area contributed by atoms with E-state index in [0.29, 0.717) is 11.3 Å². The number of hydrogen-bond acceptors (Lipinski definition) is 5.